The normalized spacial score (nSPS) is 12.3. The fourth-order valence-electron chi connectivity index (χ4n) is 2.14. The van der Waals surface area contributed by atoms with Crippen molar-refractivity contribution in [2.45, 2.75) is 39.3 Å². The van der Waals surface area contributed by atoms with Gasteiger partial charge in [0.15, 0.2) is 0 Å². The van der Waals surface area contributed by atoms with Gasteiger partial charge in [-0.15, -0.1) is 0 Å². The predicted molar refractivity (Wildman–Crippen MR) is 96.8 cm³/mol. The maximum absolute atomic E-state index is 11.6. The summed E-state index contributed by atoms with van der Waals surface area (Å²) in [7, 11) is 0. The molecule has 0 spiro atoms. The maximum Gasteiger partial charge on any atom is 0.407 e. The van der Waals surface area contributed by atoms with Crippen molar-refractivity contribution in [3.05, 3.63) is 42.2 Å². The Morgan fingerprint density at radius 1 is 1.36 bits per heavy atom. The largest absolute Gasteiger partial charge is 0.492 e. The number of hydrogen-bond donors (Lipinski definition) is 3. The minimum Gasteiger partial charge on any atom is -0.492 e. The number of nitrogens with one attached hydrogen (secondary N) is 3. The number of carbonyl (C=O) groups excluding carboxylic acids is 1. The number of hydrogen-bond acceptors (Lipinski definition) is 5. The number of anilines is 1. The van der Waals surface area contributed by atoms with Crippen molar-refractivity contribution < 1.29 is 14.3 Å². The Hall–Kier alpha value is -2.70. The van der Waals surface area contributed by atoms with Gasteiger partial charge >= 0.3 is 6.09 Å². The van der Waals surface area contributed by atoms with E-state index in [2.05, 4.69) is 27.8 Å². The zero-order valence-electron chi connectivity index (χ0n) is 15.1. The summed E-state index contributed by atoms with van der Waals surface area (Å²) < 4.78 is 10.8. The second kappa shape index (κ2) is 8.41. The first-order valence-electron chi connectivity index (χ1n) is 8.28. The van der Waals surface area contributed by atoms with Crippen LogP contribution in [0, 0.1) is 0 Å². The Bertz CT molecular complexity index is 665. The lowest BCUT2D eigenvalue weighted by molar-refractivity contribution is 0.0520. The van der Waals surface area contributed by atoms with Gasteiger partial charge in [0.25, 0.3) is 0 Å². The van der Waals surface area contributed by atoms with Crippen LogP contribution in [0.4, 0.5) is 10.5 Å². The van der Waals surface area contributed by atoms with Gasteiger partial charge in [0.1, 0.15) is 18.0 Å². The van der Waals surface area contributed by atoms with E-state index in [0.717, 1.165) is 17.0 Å². The average Bonchev–Trinajstić information content (AvgIpc) is 3.05. The fourth-order valence-corrected chi connectivity index (χ4v) is 2.14. The van der Waals surface area contributed by atoms with Crippen LogP contribution in [0.25, 0.3) is 0 Å². The van der Waals surface area contributed by atoms with Gasteiger partial charge in [0.05, 0.1) is 18.8 Å². The summed E-state index contributed by atoms with van der Waals surface area (Å²) >= 11 is 0. The molecule has 0 saturated heterocycles. The number of aromatic nitrogens is 2. The average molecular weight is 346 g/mol. The third-order valence-electron chi connectivity index (χ3n) is 3.28. The Balaban J connectivity index is 1.77. The molecule has 1 unspecified atom stereocenters. The molecule has 3 N–H and O–H groups in total. The van der Waals surface area contributed by atoms with Gasteiger partial charge in [-0.1, -0.05) is 6.07 Å². The van der Waals surface area contributed by atoms with Gasteiger partial charge in [0.2, 0.25) is 0 Å². The molecule has 0 bridgehead atoms. The molecule has 7 heteroatoms. The number of carbonyl (C=O) groups is 1. The molecule has 0 fully saturated rings. The predicted octanol–water partition coefficient (Wildman–Crippen LogP) is 3.49. The van der Waals surface area contributed by atoms with Crippen molar-refractivity contribution in [3.63, 3.8) is 0 Å². The molecule has 1 aromatic heterocycles. The molecule has 2 rings (SSSR count). The van der Waals surface area contributed by atoms with Gasteiger partial charge in [-0.05, 0) is 39.8 Å². The van der Waals surface area contributed by atoms with Crippen LogP contribution in [0.5, 0.6) is 5.75 Å². The van der Waals surface area contributed by atoms with Crippen LogP contribution in [0.3, 0.4) is 0 Å². The quantitative estimate of drug-likeness (QED) is 0.668. The Morgan fingerprint density at radius 3 is 2.84 bits per heavy atom. The summed E-state index contributed by atoms with van der Waals surface area (Å²) in [5.41, 5.74) is 1.52. The van der Waals surface area contributed by atoms with E-state index in [1.807, 2.05) is 51.2 Å². The topological polar surface area (TPSA) is 88.3 Å². The molecule has 25 heavy (non-hydrogen) atoms. The number of benzene rings is 1. The second-order valence-corrected chi connectivity index (χ2v) is 6.70. The van der Waals surface area contributed by atoms with Crippen molar-refractivity contribution >= 4 is 11.8 Å². The Labute approximate surface area is 148 Å². The molecule has 0 aliphatic carbocycles. The Kier molecular flexibility index (Phi) is 6.27. The molecule has 1 aromatic carbocycles. The molecule has 1 amide bonds. The van der Waals surface area contributed by atoms with Crippen LogP contribution in [-0.4, -0.2) is 35.0 Å². The highest BCUT2D eigenvalue weighted by Crippen LogP contribution is 2.22. The van der Waals surface area contributed by atoms with Gasteiger partial charge in [0, 0.05) is 23.5 Å². The molecule has 2 aromatic rings. The first-order valence-corrected chi connectivity index (χ1v) is 8.28. The molecule has 0 saturated carbocycles. The number of alkyl carbamates (subject to hydrolysis) is 1. The van der Waals surface area contributed by atoms with E-state index >= 15 is 0 Å². The molecule has 0 aliphatic heterocycles. The highest BCUT2D eigenvalue weighted by molar-refractivity contribution is 5.67. The zero-order valence-corrected chi connectivity index (χ0v) is 15.1. The van der Waals surface area contributed by atoms with Crippen LogP contribution in [-0.2, 0) is 4.74 Å². The molecular formula is C18H26N4O3. The number of nitrogens with zero attached hydrogens (tertiary/aromatic N) is 1. The van der Waals surface area contributed by atoms with E-state index in [1.54, 1.807) is 6.20 Å². The fraction of sp³-hybridized carbons (Fsp3) is 0.444. The Morgan fingerprint density at radius 2 is 2.16 bits per heavy atom. The number of ether oxygens (including phenoxy) is 2. The van der Waals surface area contributed by atoms with Crippen molar-refractivity contribution in [1.82, 2.24) is 15.5 Å². The molecule has 0 aliphatic rings. The van der Waals surface area contributed by atoms with Crippen molar-refractivity contribution in [1.29, 1.82) is 0 Å². The number of amides is 1. The summed E-state index contributed by atoms with van der Waals surface area (Å²) in [6.07, 6.45) is 3.21. The molecule has 136 valence electrons. The first-order chi connectivity index (χ1) is 11.8. The molecule has 7 nitrogen and oxygen atoms in total. The van der Waals surface area contributed by atoms with E-state index in [1.165, 1.54) is 0 Å². The standard InChI is InChI=1S/C18H26N4O3/c1-13(14-11-20-21-12-14)22-15-6-5-7-16(10-15)24-9-8-19-17(23)25-18(2,3)4/h5-7,10-13,22H,8-9H2,1-4H3,(H,19,23)(H,20,21). The van der Waals surface area contributed by atoms with Gasteiger partial charge in [-0.2, -0.15) is 5.10 Å². The number of H-pyrrole nitrogens is 1. The van der Waals surface area contributed by atoms with Crippen LogP contribution in [0.15, 0.2) is 36.7 Å². The van der Waals surface area contributed by atoms with Gasteiger partial charge in [-0.3, -0.25) is 5.10 Å². The second-order valence-electron chi connectivity index (χ2n) is 6.70. The van der Waals surface area contributed by atoms with E-state index in [0.29, 0.717) is 13.2 Å². The summed E-state index contributed by atoms with van der Waals surface area (Å²) in [5, 5.41) is 12.8. The summed E-state index contributed by atoms with van der Waals surface area (Å²) in [4.78, 5) is 11.6. The first kappa shape index (κ1) is 18.6. The molecule has 1 heterocycles. The molecule has 1 atom stereocenters. The lowest BCUT2D eigenvalue weighted by atomic mass is 10.2. The van der Waals surface area contributed by atoms with Crippen LogP contribution in [0.2, 0.25) is 0 Å². The third-order valence-corrected chi connectivity index (χ3v) is 3.28. The molecular weight excluding hydrogens is 320 g/mol. The number of rotatable bonds is 7. The maximum atomic E-state index is 11.6. The van der Waals surface area contributed by atoms with Crippen LogP contribution < -0.4 is 15.4 Å². The summed E-state index contributed by atoms with van der Waals surface area (Å²) in [6.45, 7) is 8.27. The van der Waals surface area contributed by atoms with E-state index in [4.69, 9.17) is 9.47 Å². The minimum atomic E-state index is -0.503. The smallest absolute Gasteiger partial charge is 0.407 e. The van der Waals surface area contributed by atoms with Gasteiger partial charge in [-0.25, -0.2) is 4.79 Å². The number of aromatic amines is 1. The molecule has 0 radical (unpaired) electrons. The lowest BCUT2D eigenvalue weighted by Crippen LogP contribution is -2.34. The third kappa shape index (κ3) is 6.74. The van der Waals surface area contributed by atoms with Crippen molar-refractivity contribution in [3.8, 4) is 5.75 Å². The minimum absolute atomic E-state index is 0.128. The SMILES string of the molecule is CC(Nc1cccc(OCCNC(=O)OC(C)(C)C)c1)c1cn[nH]c1. The zero-order chi connectivity index (χ0) is 18.3. The van der Waals surface area contributed by atoms with Crippen LogP contribution in [0.1, 0.15) is 39.3 Å². The van der Waals surface area contributed by atoms with Crippen molar-refractivity contribution in [2.75, 3.05) is 18.5 Å². The van der Waals surface area contributed by atoms with Crippen LogP contribution >= 0.6 is 0 Å². The van der Waals surface area contributed by atoms with E-state index < -0.39 is 11.7 Å². The monoisotopic (exact) mass is 346 g/mol. The highest BCUT2D eigenvalue weighted by atomic mass is 16.6. The van der Waals surface area contributed by atoms with E-state index in [-0.39, 0.29) is 6.04 Å². The summed E-state index contributed by atoms with van der Waals surface area (Å²) in [6, 6.07) is 7.82. The van der Waals surface area contributed by atoms with Crippen molar-refractivity contribution in [2.24, 2.45) is 0 Å². The summed E-state index contributed by atoms with van der Waals surface area (Å²) in [5.74, 6) is 0.732. The van der Waals surface area contributed by atoms with Gasteiger partial charge < -0.3 is 20.1 Å². The lowest BCUT2D eigenvalue weighted by Gasteiger charge is -2.19. The highest BCUT2D eigenvalue weighted by Gasteiger charge is 2.15. The van der Waals surface area contributed by atoms with E-state index in [9.17, 15) is 4.79 Å².